The molecule has 1 atom stereocenters. The molecule has 0 aliphatic heterocycles. The second-order valence-electron chi connectivity index (χ2n) is 7.87. The number of rotatable bonds is 9. The Bertz CT molecular complexity index is 1470. The molecule has 0 radical (unpaired) electrons. The van der Waals surface area contributed by atoms with E-state index in [-0.39, 0.29) is 16.7 Å². The van der Waals surface area contributed by atoms with Gasteiger partial charge in [0.15, 0.2) is 0 Å². The zero-order valence-electron chi connectivity index (χ0n) is 19.2. The quantitative estimate of drug-likeness (QED) is 0.292. The Kier molecular flexibility index (Phi) is 7.50. The Labute approximate surface area is 213 Å². The summed E-state index contributed by atoms with van der Waals surface area (Å²) in [6, 6.07) is 18.4. The summed E-state index contributed by atoms with van der Waals surface area (Å²) >= 11 is 2.63. The second kappa shape index (κ2) is 10.6. The van der Waals surface area contributed by atoms with E-state index in [1.807, 2.05) is 43.3 Å². The zero-order valence-corrected chi connectivity index (χ0v) is 21.6. The number of nitrogens with zero attached hydrogens (tertiary/aromatic N) is 2. The van der Waals surface area contributed by atoms with Crippen LogP contribution in [0.2, 0.25) is 0 Å². The minimum absolute atomic E-state index is 0.202. The van der Waals surface area contributed by atoms with Gasteiger partial charge in [0.2, 0.25) is 0 Å². The number of thiophene rings is 1. The third-order valence-electron chi connectivity index (χ3n) is 5.55. The smallest absolute Gasteiger partial charge is 0.286 e. The van der Waals surface area contributed by atoms with Gasteiger partial charge in [0.05, 0.1) is 11.2 Å². The van der Waals surface area contributed by atoms with Crippen molar-refractivity contribution in [3.05, 3.63) is 94.3 Å². The fourth-order valence-corrected chi connectivity index (χ4v) is 6.81. The highest BCUT2D eigenvalue weighted by Gasteiger charge is 2.25. The van der Waals surface area contributed by atoms with Crippen molar-refractivity contribution < 1.29 is 13.2 Å². The van der Waals surface area contributed by atoms with Gasteiger partial charge >= 0.3 is 0 Å². The average molecular weight is 525 g/mol. The van der Waals surface area contributed by atoms with Gasteiger partial charge in [-0.3, -0.25) is 13.9 Å². The first kappa shape index (κ1) is 24.9. The van der Waals surface area contributed by atoms with Gasteiger partial charge in [-0.15, -0.1) is 11.3 Å². The van der Waals surface area contributed by atoms with E-state index < -0.39 is 15.4 Å². The van der Waals surface area contributed by atoms with Gasteiger partial charge in [0.25, 0.3) is 21.3 Å². The number of carbonyl (C=O) groups is 1. The highest BCUT2D eigenvalue weighted by Crippen LogP contribution is 2.33. The summed E-state index contributed by atoms with van der Waals surface area (Å²) in [5.74, 6) is 0.341. The Morgan fingerprint density at radius 3 is 2.66 bits per heavy atom. The molecule has 0 saturated carbocycles. The minimum atomic E-state index is -3.72. The molecule has 35 heavy (non-hydrogen) atoms. The highest BCUT2D eigenvalue weighted by molar-refractivity contribution is 7.99. The van der Waals surface area contributed by atoms with E-state index in [1.54, 1.807) is 29.6 Å². The molecule has 180 valence electrons. The number of aromatic amines is 1. The maximum Gasteiger partial charge on any atom is 0.286 e. The van der Waals surface area contributed by atoms with Crippen LogP contribution in [0.15, 0.2) is 70.3 Å². The molecular formula is C25H24N4O3S3. The molecule has 0 spiro atoms. The van der Waals surface area contributed by atoms with Crippen LogP contribution in [0.25, 0.3) is 15.7 Å². The molecule has 2 N–H and O–H groups in total. The van der Waals surface area contributed by atoms with Crippen LogP contribution in [0.5, 0.6) is 0 Å². The van der Waals surface area contributed by atoms with Crippen molar-refractivity contribution in [2.45, 2.75) is 22.3 Å². The van der Waals surface area contributed by atoms with Crippen LogP contribution in [0, 0.1) is 13.5 Å². The number of sulfonamides is 1. The van der Waals surface area contributed by atoms with Crippen LogP contribution in [-0.4, -0.2) is 38.3 Å². The van der Waals surface area contributed by atoms with E-state index in [0.29, 0.717) is 22.7 Å². The number of thioether (sulfide) groups is 1. The van der Waals surface area contributed by atoms with Crippen LogP contribution in [-0.2, 0) is 15.8 Å². The number of carbonyl (C=O) groups excluding carboxylic acids is 1. The summed E-state index contributed by atoms with van der Waals surface area (Å²) in [5.41, 5.74) is 3.37. The van der Waals surface area contributed by atoms with Crippen molar-refractivity contribution in [3.8, 4) is 0 Å². The molecule has 1 amide bonds. The number of anilines is 1. The number of H-pyrrole nitrogens is 1. The molecule has 2 aromatic heterocycles. The minimum Gasteiger partial charge on any atom is -0.349 e. The largest absolute Gasteiger partial charge is 0.349 e. The van der Waals surface area contributed by atoms with E-state index in [0.717, 1.165) is 27.8 Å². The van der Waals surface area contributed by atoms with E-state index in [4.69, 9.17) is 6.57 Å². The number of aryl methyl sites for hydroxylation is 1. The number of amides is 1. The third-order valence-corrected chi connectivity index (χ3v) is 9.85. The number of fused-ring (bicyclic) bond motifs is 1. The van der Waals surface area contributed by atoms with Crippen molar-refractivity contribution >= 4 is 55.6 Å². The maximum atomic E-state index is 13.1. The predicted molar refractivity (Wildman–Crippen MR) is 143 cm³/mol. The van der Waals surface area contributed by atoms with Crippen LogP contribution in [0.3, 0.4) is 0 Å². The fraction of sp³-hybridized carbons (Fsp3) is 0.200. The fourth-order valence-electron chi connectivity index (χ4n) is 3.59. The van der Waals surface area contributed by atoms with Gasteiger partial charge < -0.3 is 10.3 Å². The number of nitrogens with one attached hydrogen (secondary N) is 2. The number of hydrogen-bond acceptors (Lipinski definition) is 5. The molecule has 0 aliphatic carbocycles. The molecule has 0 saturated heterocycles. The molecule has 7 nitrogen and oxygen atoms in total. The number of benzene rings is 2. The van der Waals surface area contributed by atoms with E-state index in [2.05, 4.69) is 15.1 Å². The lowest BCUT2D eigenvalue weighted by Gasteiger charge is -2.19. The summed E-state index contributed by atoms with van der Waals surface area (Å²) in [5, 5.41) is 4.90. The Hall–Kier alpha value is -3.26. The Morgan fingerprint density at radius 1 is 1.20 bits per heavy atom. The maximum absolute atomic E-state index is 13.1. The van der Waals surface area contributed by atoms with Gasteiger partial charge in [-0.05, 0) is 41.6 Å². The van der Waals surface area contributed by atoms with Crippen LogP contribution in [0.4, 0.5) is 5.69 Å². The molecule has 2 aromatic carbocycles. The standard InChI is InChI=1S/C25H24N4O3S3/c1-17-11-12-21(29(3)35(31,32)23-10-7-13-33-23)24-19(17)14-20(28-24)25(30)27-15-22(26-2)34-16-18-8-5-4-6-9-18/h4-14,22,28H,15-16H2,1,3H3,(H,27,30). The molecule has 2 heterocycles. The summed E-state index contributed by atoms with van der Waals surface area (Å²) in [4.78, 5) is 19.6. The molecule has 0 bridgehead atoms. The number of hydrogen-bond donors (Lipinski definition) is 2. The topological polar surface area (TPSA) is 86.6 Å². The van der Waals surface area contributed by atoms with Gasteiger partial charge in [-0.25, -0.2) is 15.0 Å². The number of aromatic nitrogens is 1. The van der Waals surface area contributed by atoms with Crippen molar-refractivity contribution in [2.24, 2.45) is 0 Å². The summed E-state index contributed by atoms with van der Waals surface area (Å²) in [6.07, 6.45) is 0. The third kappa shape index (κ3) is 5.37. The Balaban J connectivity index is 1.51. The zero-order chi connectivity index (χ0) is 25.0. The molecule has 4 rings (SSSR count). The highest BCUT2D eigenvalue weighted by atomic mass is 32.2. The van der Waals surface area contributed by atoms with Crippen LogP contribution < -0.4 is 9.62 Å². The van der Waals surface area contributed by atoms with Crippen molar-refractivity contribution in [1.82, 2.24) is 10.3 Å². The first-order chi connectivity index (χ1) is 16.8. The summed E-state index contributed by atoms with van der Waals surface area (Å²) in [6.45, 7) is 9.58. The first-order valence-corrected chi connectivity index (χ1v) is 14.1. The van der Waals surface area contributed by atoms with Crippen molar-refractivity contribution in [2.75, 3.05) is 17.9 Å². The first-order valence-electron chi connectivity index (χ1n) is 10.8. The molecule has 0 fully saturated rings. The molecule has 10 heteroatoms. The average Bonchev–Trinajstić information content (AvgIpc) is 3.56. The second-order valence-corrected chi connectivity index (χ2v) is 12.2. The lowest BCUT2D eigenvalue weighted by atomic mass is 10.1. The Morgan fingerprint density at radius 2 is 1.97 bits per heavy atom. The predicted octanol–water partition coefficient (Wildman–Crippen LogP) is 5.27. The lowest BCUT2D eigenvalue weighted by Crippen LogP contribution is -2.29. The monoisotopic (exact) mass is 524 g/mol. The molecule has 4 aromatic rings. The molecular weight excluding hydrogens is 501 g/mol. The summed E-state index contributed by atoms with van der Waals surface area (Å²) in [7, 11) is -2.22. The SMILES string of the molecule is [C-]#[N+]C(CNC(=O)c1cc2c(C)ccc(N(C)S(=O)(=O)c3cccs3)c2[nH]1)SCc1ccccc1. The van der Waals surface area contributed by atoms with Gasteiger partial charge in [0.1, 0.15) is 16.4 Å². The van der Waals surface area contributed by atoms with Gasteiger partial charge in [-0.1, -0.05) is 54.2 Å². The molecule has 1 unspecified atom stereocenters. The van der Waals surface area contributed by atoms with E-state index in [1.165, 1.54) is 23.1 Å². The molecule has 0 aliphatic rings. The van der Waals surface area contributed by atoms with E-state index >= 15 is 0 Å². The van der Waals surface area contributed by atoms with Crippen LogP contribution >= 0.6 is 23.1 Å². The van der Waals surface area contributed by atoms with E-state index in [9.17, 15) is 13.2 Å². The normalized spacial score (nSPS) is 12.3. The van der Waals surface area contributed by atoms with Crippen LogP contribution in [0.1, 0.15) is 21.6 Å². The van der Waals surface area contributed by atoms with Crippen molar-refractivity contribution in [1.29, 1.82) is 0 Å². The van der Waals surface area contributed by atoms with Crippen molar-refractivity contribution in [3.63, 3.8) is 0 Å². The summed E-state index contributed by atoms with van der Waals surface area (Å²) < 4.78 is 27.6. The van der Waals surface area contributed by atoms with Gasteiger partial charge in [-0.2, -0.15) is 0 Å². The van der Waals surface area contributed by atoms with Gasteiger partial charge in [0, 0.05) is 18.2 Å². The lowest BCUT2D eigenvalue weighted by molar-refractivity contribution is 0.0950.